The summed E-state index contributed by atoms with van der Waals surface area (Å²) in [6.45, 7) is 0. The summed E-state index contributed by atoms with van der Waals surface area (Å²) in [7, 11) is 0. The number of nitrogens with zero attached hydrogens (tertiary/aromatic N) is 1. The average molecular weight is 628 g/mol. The summed E-state index contributed by atoms with van der Waals surface area (Å²) in [5.74, 6) is 0. The van der Waals surface area contributed by atoms with Crippen LogP contribution in [-0.4, -0.2) is 4.98 Å². The van der Waals surface area contributed by atoms with Gasteiger partial charge in [-0.3, -0.25) is 0 Å². The van der Waals surface area contributed by atoms with Gasteiger partial charge in [-0.15, -0.1) is 11.3 Å². The molecular formula is C45H25NOS. The van der Waals surface area contributed by atoms with Gasteiger partial charge in [-0.05, 0) is 57.4 Å². The van der Waals surface area contributed by atoms with Gasteiger partial charge in [-0.1, -0.05) is 121 Å². The number of thiophene rings is 1. The molecule has 3 heterocycles. The SMILES string of the molecule is c1cc(-c2nc3ccccc3c3c2ccc2c4ccccc4sc23)cc(-c2cc3ccccc3c3c2oc2ccc4ccccc4c23)c1. The van der Waals surface area contributed by atoms with Crippen molar-refractivity contribution in [3.05, 3.63) is 152 Å². The quantitative estimate of drug-likeness (QED) is 0.178. The molecule has 0 aliphatic rings. The van der Waals surface area contributed by atoms with E-state index in [1.54, 1.807) is 0 Å². The summed E-state index contributed by atoms with van der Waals surface area (Å²) in [5.41, 5.74) is 7.12. The van der Waals surface area contributed by atoms with Gasteiger partial charge in [0.1, 0.15) is 11.2 Å². The highest BCUT2D eigenvalue weighted by atomic mass is 32.1. The Morgan fingerprint density at radius 3 is 2.06 bits per heavy atom. The zero-order valence-electron chi connectivity index (χ0n) is 25.7. The molecule has 2 nitrogen and oxygen atoms in total. The fourth-order valence-corrected chi connectivity index (χ4v) is 9.14. The first-order valence-electron chi connectivity index (χ1n) is 16.3. The van der Waals surface area contributed by atoms with E-state index in [9.17, 15) is 0 Å². The van der Waals surface area contributed by atoms with Crippen molar-refractivity contribution >= 4 is 96.7 Å². The van der Waals surface area contributed by atoms with Crippen LogP contribution >= 0.6 is 11.3 Å². The molecule has 3 heteroatoms. The molecule has 0 aliphatic carbocycles. The molecule has 0 unspecified atom stereocenters. The molecule has 0 radical (unpaired) electrons. The molecule has 0 fully saturated rings. The van der Waals surface area contributed by atoms with E-state index in [4.69, 9.17) is 9.40 Å². The third-order valence-corrected chi connectivity index (χ3v) is 11.2. The highest BCUT2D eigenvalue weighted by molar-refractivity contribution is 7.26. The van der Waals surface area contributed by atoms with Crippen molar-refractivity contribution in [2.45, 2.75) is 0 Å². The number of rotatable bonds is 2. The van der Waals surface area contributed by atoms with Gasteiger partial charge in [0.05, 0.1) is 11.2 Å². The van der Waals surface area contributed by atoms with E-state index in [1.165, 1.54) is 68.6 Å². The summed E-state index contributed by atoms with van der Waals surface area (Å²) in [6, 6.07) is 54.5. The van der Waals surface area contributed by atoms with E-state index in [-0.39, 0.29) is 0 Å². The molecule has 0 N–H and O–H groups in total. The molecule has 222 valence electrons. The van der Waals surface area contributed by atoms with Gasteiger partial charge in [0.2, 0.25) is 0 Å². The van der Waals surface area contributed by atoms with Crippen LogP contribution in [0.2, 0.25) is 0 Å². The third kappa shape index (κ3) is 3.59. The zero-order chi connectivity index (χ0) is 31.3. The largest absolute Gasteiger partial charge is 0.455 e. The van der Waals surface area contributed by atoms with E-state index in [2.05, 4.69) is 152 Å². The summed E-state index contributed by atoms with van der Waals surface area (Å²) in [4.78, 5) is 5.33. The maximum Gasteiger partial charge on any atom is 0.143 e. The molecule has 11 aromatic rings. The van der Waals surface area contributed by atoms with Crippen LogP contribution < -0.4 is 0 Å². The molecule has 0 aliphatic heterocycles. The maximum absolute atomic E-state index is 6.79. The third-order valence-electron chi connectivity index (χ3n) is 10.0. The van der Waals surface area contributed by atoms with Crippen molar-refractivity contribution in [3.8, 4) is 22.4 Å². The van der Waals surface area contributed by atoms with Gasteiger partial charge in [-0.25, -0.2) is 4.98 Å². The smallest absolute Gasteiger partial charge is 0.143 e. The van der Waals surface area contributed by atoms with Crippen LogP contribution in [0.15, 0.2) is 156 Å². The second-order valence-corrected chi connectivity index (χ2v) is 13.7. The van der Waals surface area contributed by atoms with Gasteiger partial charge in [-0.2, -0.15) is 0 Å². The van der Waals surface area contributed by atoms with Crippen LogP contribution in [0.25, 0.3) is 108 Å². The van der Waals surface area contributed by atoms with Gasteiger partial charge in [0, 0.05) is 58.2 Å². The van der Waals surface area contributed by atoms with E-state index >= 15 is 0 Å². The Hall–Kier alpha value is -6.03. The van der Waals surface area contributed by atoms with Crippen LogP contribution in [0.4, 0.5) is 0 Å². The normalized spacial score (nSPS) is 12.2. The van der Waals surface area contributed by atoms with Crippen LogP contribution in [-0.2, 0) is 0 Å². The molecule has 11 rings (SSSR count). The minimum absolute atomic E-state index is 0.909. The lowest BCUT2D eigenvalue weighted by molar-refractivity contribution is 0.670. The summed E-state index contributed by atoms with van der Waals surface area (Å²) in [6.07, 6.45) is 0. The van der Waals surface area contributed by atoms with Crippen LogP contribution in [0, 0.1) is 0 Å². The molecule has 0 saturated heterocycles. The fourth-order valence-electron chi connectivity index (χ4n) is 7.87. The van der Waals surface area contributed by atoms with Gasteiger partial charge >= 0.3 is 0 Å². The minimum Gasteiger partial charge on any atom is -0.455 e. The predicted molar refractivity (Wildman–Crippen MR) is 205 cm³/mol. The van der Waals surface area contributed by atoms with Crippen molar-refractivity contribution in [2.75, 3.05) is 0 Å². The van der Waals surface area contributed by atoms with E-state index in [1.807, 2.05) is 11.3 Å². The number of benzene rings is 8. The Balaban J connectivity index is 1.21. The number of pyridine rings is 1. The van der Waals surface area contributed by atoms with Crippen molar-refractivity contribution in [1.29, 1.82) is 0 Å². The molecule has 0 bridgehead atoms. The standard InChI is InChI=1S/C45H25NOS/c1-3-14-30-26(10-1)20-23-38-41(30)42-31-15-4-2-11-28(31)25-36(44(42)47-38)27-12-9-13-29(24-27)43-35-22-21-33-32-16-6-8-19-39(32)48-45(33)40(35)34-17-5-7-18-37(34)46-43/h1-25H. The molecule has 8 aromatic carbocycles. The van der Waals surface area contributed by atoms with Crippen LogP contribution in [0.5, 0.6) is 0 Å². The molecule has 48 heavy (non-hydrogen) atoms. The summed E-state index contributed by atoms with van der Waals surface area (Å²) >= 11 is 1.87. The Labute approximate surface area is 279 Å². The summed E-state index contributed by atoms with van der Waals surface area (Å²) < 4.78 is 9.41. The topological polar surface area (TPSA) is 26.0 Å². The number of hydrogen-bond donors (Lipinski definition) is 0. The Kier molecular flexibility index (Phi) is 5.29. The lowest BCUT2D eigenvalue weighted by atomic mass is 9.93. The predicted octanol–water partition coefficient (Wildman–Crippen LogP) is 13.3. The monoisotopic (exact) mass is 627 g/mol. The van der Waals surface area contributed by atoms with Crippen molar-refractivity contribution in [3.63, 3.8) is 0 Å². The van der Waals surface area contributed by atoms with E-state index < -0.39 is 0 Å². The lowest BCUT2D eigenvalue weighted by Crippen LogP contribution is -1.91. The lowest BCUT2D eigenvalue weighted by Gasteiger charge is -2.13. The average Bonchev–Trinajstić information content (AvgIpc) is 3.74. The number of furan rings is 1. The fraction of sp³-hybridized carbons (Fsp3) is 0. The maximum atomic E-state index is 6.79. The first-order chi connectivity index (χ1) is 23.8. The van der Waals surface area contributed by atoms with Gasteiger partial charge in [0.25, 0.3) is 0 Å². The van der Waals surface area contributed by atoms with Crippen molar-refractivity contribution < 1.29 is 4.42 Å². The second kappa shape index (κ2) is 9.74. The highest BCUT2D eigenvalue weighted by Gasteiger charge is 2.20. The van der Waals surface area contributed by atoms with Crippen LogP contribution in [0.1, 0.15) is 0 Å². The minimum atomic E-state index is 0.909. The molecule has 0 amide bonds. The van der Waals surface area contributed by atoms with Crippen molar-refractivity contribution in [2.24, 2.45) is 0 Å². The molecule has 3 aromatic heterocycles. The van der Waals surface area contributed by atoms with E-state index in [0.29, 0.717) is 0 Å². The molecular weight excluding hydrogens is 603 g/mol. The Morgan fingerprint density at radius 1 is 0.458 bits per heavy atom. The number of para-hydroxylation sites is 1. The number of fused-ring (bicyclic) bond motifs is 14. The molecule has 0 saturated carbocycles. The zero-order valence-corrected chi connectivity index (χ0v) is 26.5. The summed E-state index contributed by atoms with van der Waals surface area (Å²) in [5, 5.41) is 13.4. The Morgan fingerprint density at radius 2 is 1.17 bits per heavy atom. The first-order valence-corrected chi connectivity index (χ1v) is 17.1. The molecule has 0 spiro atoms. The number of aromatic nitrogens is 1. The van der Waals surface area contributed by atoms with Crippen molar-refractivity contribution in [1.82, 2.24) is 4.98 Å². The highest BCUT2D eigenvalue weighted by Crippen LogP contribution is 2.46. The Bertz CT molecular complexity index is 3130. The molecule has 0 atom stereocenters. The van der Waals surface area contributed by atoms with E-state index in [0.717, 1.165) is 39.1 Å². The number of hydrogen-bond acceptors (Lipinski definition) is 3. The van der Waals surface area contributed by atoms with Gasteiger partial charge < -0.3 is 4.42 Å². The van der Waals surface area contributed by atoms with Crippen LogP contribution in [0.3, 0.4) is 0 Å². The first kappa shape index (κ1) is 26.1. The second-order valence-electron chi connectivity index (χ2n) is 12.6. The van der Waals surface area contributed by atoms with Gasteiger partial charge in [0.15, 0.2) is 0 Å².